The fraction of sp³-hybridized carbons (Fsp3) is 0.250. The Morgan fingerprint density at radius 3 is 2.78 bits per heavy atom. The Bertz CT molecular complexity index is 980. The van der Waals surface area contributed by atoms with Gasteiger partial charge < -0.3 is 9.32 Å². The monoisotopic (exact) mass is 304 g/mol. The summed E-state index contributed by atoms with van der Waals surface area (Å²) < 4.78 is 6.21. The number of allylic oxidation sites excluding steroid dienone is 2. The van der Waals surface area contributed by atoms with E-state index >= 15 is 0 Å². The van der Waals surface area contributed by atoms with E-state index in [4.69, 9.17) is 4.42 Å². The molecule has 1 atom stereocenters. The number of hydrogen-bond donors (Lipinski definition) is 0. The lowest BCUT2D eigenvalue weighted by Gasteiger charge is -2.39. The summed E-state index contributed by atoms with van der Waals surface area (Å²) >= 11 is 0. The first-order chi connectivity index (χ1) is 11.0. The quantitative estimate of drug-likeness (QED) is 0.639. The van der Waals surface area contributed by atoms with Gasteiger partial charge in [0, 0.05) is 30.4 Å². The highest BCUT2D eigenvalue weighted by Crippen LogP contribution is 2.41. The second-order valence-corrected chi connectivity index (χ2v) is 6.55. The van der Waals surface area contributed by atoms with Gasteiger partial charge in [0.1, 0.15) is 11.1 Å². The predicted octanol–water partition coefficient (Wildman–Crippen LogP) is 4.91. The van der Waals surface area contributed by atoms with Crippen molar-refractivity contribution in [1.82, 2.24) is 9.88 Å². The number of likely N-dealkylation sites (N-methyl/N-ethyl adjacent to an activating group) is 1. The van der Waals surface area contributed by atoms with E-state index in [0.29, 0.717) is 0 Å². The third kappa shape index (κ3) is 1.93. The van der Waals surface area contributed by atoms with Gasteiger partial charge in [0.25, 0.3) is 0 Å². The molecule has 0 bridgehead atoms. The summed E-state index contributed by atoms with van der Waals surface area (Å²) in [6.07, 6.45) is 8.43. The molecular weight excluding hydrogens is 284 g/mol. The van der Waals surface area contributed by atoms with Gasteiger partial charge in [0.2, 0.25) is 0 Å². The fourth-order valence-corrected chi connectivity index (χ4v) is 3.54. The summed E-state index contributed by atoms with van der Waals surface area (Å²) in [7, 11) is 2.12. The molecule has 3 heterocycles. The lowest BCUT2D eigenvalue weighted by molar-refractivity contribution is 0.258. The number of nitrogens with zero attached hydrogens (tertiary/aromatic N) is 2. The van der Waals surface area contributed by atoms with E-state index in [1.165, 1.54) is 16.7 Å². The molecule has 0 amide bonds. The number of hydrogen-bond acceptors (Lipinski definition) is 3. The molecule has 116 valence electrons. The number of pyridine rings is 1. The van der Waals surface area contributed by atoms with Crippen molar-refractivity contribution >= 4 is 22.1 Å². The molecule has 4 rings (SSSR count). The Balaban J connectivity index is 2.07. The minimum absolute atomic E-state index is 0.239. The van der Waals surface area contributed by atoms with E-state index in [9.17, 15) is 0 Å². The maximum atomic E-state index is 6.21. The van der Waals surface area contributed by atoms with Crippen LogP contribution in [0.4, 0.5) is 0 Å². The first kappa shape index (κ1) is 14.1. The second kappa shape index (κ2) is 4.72. The van der Waals surface area contributed by atoms with Crippen LogP contribution in [0.3, 0.4) is 0 Å². The summed E-state index contributed by atoms with van der Waals surface area (Å²) in [4.78, 5) is 6.76. The topological polar surface area (TPSA) is 29.3 Å². The molecule has 1 aliphatic heterocycles. The van der Waals surface area contributed by atoms with Crippen molar-refractivity contribution < 1.29 is 4.42 Å². The highest BCUT2D eigenvalue weighted by molar-refractivity contribution is 6.04. The average Bonchev–Trinajstić information content (AvgIpc) is 2.89. The molecule has 0 saturated heterocycles. The predicted molar refractivity (Wildman–Crippen MR) is 94.3 cm³/mol. The second-order valence-electron chi connectivity index (χ2n) is 6.55. The van der Waals surface area contributed by atoms with Gasteiger partial charge in [-0.2, -0.15) is 0 Å². The van der Waals surface area contributed by atoms with Crippen molar-refractivity contribution in [3.63, 3.8) is 0 Å². The summed E-state index contributed by atoms with van der Waals surface area (Å²) in [5, 5.41) is 1.08. The Kier molecular flexibility index (Phi) is 2.89. The van der Waals surface area contributed by atoms with Crippen LogP contribution in [0.2, 0.25) is 0 Å². The fourth-order valence-electron chi connectivity index (χ4n) is 3.54. The molecule has 1 unspecified atom stereocenters. The standard InChI is InChI=1S/C20H20N2O/c1-13-9-10-20(3,22(4)12-13)17-14(2)7-8-15-18-16(23-19(15)17)6-5-11-21-18/h5-12H,1-4H3. The Morgan fingerprint density at radius 1 is 1.17 bits per heavy atom. The zero-order valence-corrected chi connectivity index (χ0v) is 13.9. The molecule has 0 saturated carbocycles. The van der Waals surface area contributed by atoms with Crippen LogP contribution in [0.1, 0.15) is 25.0 Å². The number of fused-ring (bicyclic) bond motifs is 3. The highest BCUT2D eigenvalue weighted by atomic mass is 16.3. The molecule has 0 spiro atoms. The van der Waals surface area contributed by atoms with Crippen LogP contribution in [-0.4, -0.2) is 16.9 Å². The molecule has 0 N–H and O–H groups in total. The maximum Gasteiger partial charge on any atom is 0.153 e. The molecule has 0 fully saturated rings. The normalized spacial score (nSPS) is 21.2. The smallest absolute Gasteiger partial charge is 0.153 e. The molecule has 3 heteroatoms. The van der Waals surface area contributed by atoms with Crippen molar-refractivity contribution in [1.29, 1.82) is 0 Å². The molecular formula is C20H20N2O. The Hall–Kier alpha value is -2.55. The molecule has 2 aromatic heterocycles. The zero-order chi connectivity index (χ0) is 16.2. The summed E-state index contributed by atoms with van der Waals surface area (Å²) in [5.74, 6) is 0. The molecule has 3 nitrogen and oxygen atoms in total. The number of aryl methyl sites for hydroxylation is 1. The third-order valence-electron chi connectivity index (χ3n) is 4.91. The SMILES string of the molecule is CC1=CN(C)C(C)(c2c(C)ccc3c2oc2cccnc23)C=C1. The first-order valence-corrected chi connectivity index (χ1v) is 7.88. The van der Waals surface area contributed by atoms with Crippen molar-refractivity contribution in [2.75, 3.05) is 7.05 Å². The largest absolute Gasteiger partial charge is 0.454 e. The van der Waals surface area contributed by atoms with Gasteiger partial charge in [-0.25, -0.2) is 0 Å². The van der Waals surface area contributed by atoms with Gasteiger partial charge in [-0.05, 0) is 50.1 Å². The number of furan rings is 1. The minimum Gasteiger partial charge on any atom is -0.454 e. The van der Waals surface area contributed by atoms with Crippen LogP contribution < -0.4 is 0 Å². The van der Waals surface area contributed by atoms with Crippen LogP contribution in [0.5, 0.6) is 0 Å². The van der Waals surface area contributed by atoms with E-state index in [0.717, 1.165) is 22.1 Å². The Morgan fingerprint density at radius 2 is 2.00 bits per heavy atom. The van der Waals surface area contributed by atoms with Gasteiger partial charge >= 0.3 is 0 Å². The summed E-state index contributed by atoms with van der Waals surface area (Å²) in [6, 6.07) is 8.18. The first-order valence-electron chi connectivity index (χ1n) is 7.88. The van der Waals surface area contributed by atoms with E-state index in [2.05, 4.69) is 68.2 Å². The van der Waals surface area contributed by atoms with Gasteiger partial charge in [-0.15, -0.1) is 0 Å². The zero-order valence-electron chi connectivity index (χ0n) is 13.9. The van der Waals surface area contributed by atoms with Crippen LogP contribution in [0.25, 0.3) is 22.1 Å². The molecule has 1 aliphatic rings. The molecule has 1 aromatic carbocycles. The maximum absolute atomic E-state index is 6.21. The summed E-state index contributed by atoms with van der Waals surface area (Å²) in [6.45, 7) is 6.49. The van der Waals surface area contributed by atoms with Crippen molar-refractivity contribution in [3.05, 3.63) is 65.5 Å². The van der Waals surface area contributed by atoms with Gasteiger partial charge in [-0.3, -0.25) is 4.98 Å². The van der Waals surface area contributed by atoms with Crippen molar-refractivity contribution in [2.24, 2.45) is 0 Å². The average molecular weight is 304 g/mol. The van der Waals surface area contributed by atoms with Crippen molar-refractivity contribution in [3.8, 4) is 0 Å². The van der Waals surface area contributed by atoms with E-state index in [1.807, 2.05) is 18.3 Å². The lowest BCUT2D eigenvalue weighted by Crippen LogP contribution is -2.38. The number of benzene rings is 1. The van der Waals surface area contributed by atoms with Crippen LogP contribution in [0, 0.1) is 6.92 Å². The van der Waals surface area contributed by atoms with E-state index in [1.54, 1.807) is 0 Å². The van der Waals surface area contributed by atoms with E-state index in [-0.39, 0.29) is 5.54 Å². The minimum atomic E-state index is -0.239. The number of aromatic nitrogens is 1. The van der Waals surface area contributed by atoms with Crippen LogP contribution in [-0.2, 0) is 5.54 Å². The summed E-state index contributed by atoms with van der Waals surface area (Å²) in [5.41, 5.74) is 6.15. The third-order valence-corrected chi connectivity index (χ3v) is 4.91. The number of rotatable bonds is 1. The lowest BCUT2D eigenvalue weighted by atomic mass is 9.84. The Labute approximate surface area is 135 Å². The molecule has 0 aliphatic carbocycles. The van der Waals surface area contributed by atoms with Crippen molar-refractivity contribution in [2.45, 2.75) is 26.3 Å². The molecule has 3 aromatic rings. The van der Waals surface area contributed by atoms with Gasteiger partial charge in [-0.1, -0.05) is 18.2 Å². The highest BCUT2D eigenvalue weighted by Gasteiger charge is 2.34. The van der Waals surface area contributed by atoms with Crippen LogP contribution >= 0.6 is 0 Å². The van der Waals surface area contributed by atoms with Crippen LogP contribution in [0.15, 0.2) is 58.8 Å². The molecule has 0 radical (unpaired) electrons. The van der Waals surface area contributed by atoms with Gasteiger partial charge in [0.05, 0.1) is 5.54 Å². The van der Waals surface area contributed by atoms with Gasteiger partial charge in [0.15, 0.2) is 5.58 Å². The molecule has 23 heavy (non-hydrogen) atoms. The van der Waals surface area contributed by atoms with E-state index < -0.39 is 0 Å².